The number of aromatic nitrogens is 5. The molecule has 12 rings (SSSR count). The Morgan fingerprint density at radius 1 is 0.520 bits per heavy atom. The summed E-state index contributed by atoms with van der Waals surface area (Å²) >= 11 is 0. The zero-order valence-corrected chi connectivity index (χ0v) is 53.8. The Labute approximate surface area is 563 Å². The molecule has 6 heterocycles. The first kappa shape index (κ1) is 68.6. The summed E-state index contributed by atoms with van der Waals surface area (Å²) < 4.78 is 48.9. The molecule has 3 saturated heterocycles. The van der Waals surface area contributed by atoms with Crippen molar-refractivity contribution in [3.63, 3.8) is 0 Å². The van der Waals surface area contributed by atoms with E-state index in [1.807, 2.05) is 115 Å². The summed E-state index contributed by atoms with van der Waals surface area (Å²) in [7, 11) is 1.56. The molecule has 9 aromatic rings. The topological polar surface area (TPSA) is 323 Å². The van der Waals surface area contributed by atoms with Crippen LogP contribution in [0.1, 0.15) is 86.9 Å². The lowest BCUT2D eigenvalue weighted by atomic mass is 9.91. The van der Waals surface area contributed by atoms with Crippen LogP contribution >= 0.6 is 0 Å². The number of nitrogen functional groups attached to an aromatic ring is 3. The number of piperidine rings is 2. The molecule has 3 aliphatic rings. The maximum atomic E-state index is 13.4. The molecule has 2 unspecified atom stereocenters. The molecule has 6 amide bonds. The first-order valence-electron chi connectivity index (χ1n) is 31.5. The molecule has 504 valence electrons. The zero-order valence-electron chi connectivity index (χ0n) is 53.8. The van der Waals surface area contributed by atoms with Gasteiger partial charge in [-0.2, -0.15) is 10.2 Å². The number of rotatable bonds is 18. The van der Waals surface area contributed by atoms with Crippen LogP contribution in [0, 0.1) is 11.6 Å². The molecule has 0 bridgehead atoms. The standard InChI is InChI=1S/C25H27N5O3.C25H26N4O3.C23H21F2N5O3/c1-3-21(31)29-15-7-8-18(16-29)30-24(26)22(25(32)27-2)23(28-30)17-11-13-20(14-12-17)33-19-9-5-4-6-10-19;1-2-22(30)28-14-6-7-17(15-28)21-16-29(24(23(21)26)25(27)31)18-10-12-20(13-11-18)32-19-8-4-3-5-9-19;1-2-19(31)29-8-7-16(12-29)30-22(26)20(23(27)32)21(28-30)13-3-5-17(6-4-13)33-18-10-14(24)9-15(25)11-18/h3-6,9-14,18H,1,7-8,15-16,26H2,2H3,(H,27,32);2-5,8-13,16-17H,1,6-7,14-15,26H2,(H2,27,31);2-6,9-11,16H,1,7-8,12,26H2,(H2,27,32)/t;;16-/m..1/s1. The van der Waals surface area contributed by atoms with Gasteiger partial charge in [0.05, 0.1) is 17.8 Å². The number of amides is 6. The molecular formula is C73H74F2N14O9. The highest BCUT2D eigenvalue weighted by atomic mass is 19.1. The predicted molar refractivity (Wildman–Crippen MR) is 368 cm³/mol. The number of primary amides is 2. The number of hydrogen-bond acceptors (Lipinski definition) is 14. The van der Waals surface area contributed by atoms with E-state index >= 15 is 0 Å². The van der Waals surface area contributed by atoms with Crippen molar-refractivity contribution in [1.29, 1.82) is 0 Å². The molecule has 0 spiro atoms. The van der Waals surface area contributed by atoms with Gasteiger partial charge >= 0.3 is 0 Å². The van der Waals surface area contributed by atoms with E-state index in [0.717, 1.165) is 72.2 Å². The Hall–Kier alpha value is -12.3. The Balaban J connectivity index is 0.000000159. The summed E-state index contributed by atoms with van der Waals surface area (Å²) in [6.45, 7) is 13.9. The second kappa shape index (κ2) is 30.9. The Morgan fingerprint density at radius 2 is 0.949 bits per heavy atom. The number of hydrogen-bond donors (Lipinski definition) is 6. The maximum Gasteiger partial charge on any atom is 0.267 e. The number of nitrogens with zero attached hydrogens (tertiary/aromatic N) is 8. The minimum absolute atomic E-state index is 0.00598. The van der Waals surface area contributed by atoms with Crippen LogP contribution < -0.4 is 48.2 Å². The molecule has 3 aromatic heterocycles. The van der Waals surface area contributed by atoms with Crippen LogP contribution in [-0.2, 0) is 14.4 Å². The fourth-order valence-electron chi connectivity index (χ4n) is 12.1. The van der Waals surface area contributed by atoms with Gasteiger partial charge in [0.25, 0.3) is 17.7 Å². The lowest BCUT2D eigenvalue weighted by Crippen LogP contribution is -2.40. The number of benzene rings is 6. The molecule has 3 atom stereocenters. The van der Waals surface area contributed by atoms with Gasteiger partial charge < -0.3 is 67.5 Å². The number of para-hydroxylation sites is 2. The number of anilines is 3. The van der Waals surface area contributed by atoms with E-state index in [1.54, 1.807) is 55.3 Å². The van der Waals surface area contributed by atoms with Crippen molar-refractivity contribution in [2.45, 2.75) is 50.1 Å². The predicted octanol–water partition coefficient (Wildman–Crippen LogP) is 10.7. The van der Waals surface area contributed by atoms with Crippen LogP contribution in [0.5, 0.6) is 34.5 Å². The second-order valence-electron chi connectivity index (χ2n) is 23.3. The van der Waals surface area contributed by atoms with E-state index < -0.39 is 23.4 Å². The lowest BCUT2D eigenvalue weighted by Gasteiger charge is -2.32. The van der Waals surface area contributed by atoms with Gasteiger partial charge in [0.1, 0.15) is 86.0 Å². The van der Waals surface area contributed by atoms with Crippen LogP contribution in [0.25, 0.3) is 28.2 Å². The smallest absolute Gasteiger partial charge is 0.267 e. The lowest BCUT2D eigenvalue weighted by molar-refractivity contribution is -0.128. The number of ether oxygens (including phenoxy) is 3. The summed E-state index contributed by atoms with van der Waals surface area (Å²) in [6.07, 6.45) is 9.71. The molecule has 3 aliphatic heterocycles. The van der Waals surface area contributed by atoms with Crippen LogP contribution in [0.3, 0.4) is 0 Å². The third kappa shape index (κ3) is 15.7. The fourth-order valence-corrected chi connectivity index (χ4v) is 12.1. The van der Waals surface area contributed by atoms with Crippen LogP contribution in [-0.4, -0.2) is 121 Å². The Bertz CT molecular complexity index is 4400. The van der Waals surface area contributed by atoms with E-state index in [4.69, 9.17) is 48.0 Å². The number of nitrogens with one attached hydrogen (secondary N) is 1. The van der Waals surface area contributed by atoms with Crippen molar-refractivity contribution in [1.82, 2.24) is 44.1 Å². The SMILES string of the molecule is C=CC(=O)N1CCCC(c2cn(-c3ccc(Oc4ccccc4)cc3)c(C(N)=O)c2N)C1.C=CC(=O)N1CCCC(n2nc(-c3ccc(Oc4ccccc4)cc3)c(C(=O)NC)c2N)C1.C=CC(=O)N1CC[C@@H](n2nc(-c3ccc(Oc4cc(F)cc(F)c4)cc3)c(C(N)=O)c2N)C1. The highest BCUT2D eigenvalue weighted by molar-refractivity contribution is 6.05. The fraction of sp³-hybridized carbons (Fsp3) is 0.205. The number of halogens is 2. The van der Waals surface area contributed by atoms with Crippen molar-refractivity contribution in [3.05, 3.63) is 230 Å². The zero-order chi connectivity index (χ0) is 69.7. The van der Waals surface area contributed by atoms with Gasteiger partial charge in [0, 0.05) is 93.4 Å². The average Bonchev–Trinajstić information content (AvgIpc) is 1.64. The molecule has 98 heavy (non-hydrogen) atoms. The second-order valence-corrected chi connectivity index (χ2v) is 23.3. The summed E-state index contributed by atoms with van der Waals surface area (Å²) in [5.74, 6) is 0.00273. The van der Waals surface area contributed by atoms with Gasteiger partial charge in [-0.3, -0.25) is 28.8 Å². The number of carbonyl (C=O) groups excluding carboxylic acids is 6. The Kier molecular flexibility index (Phi) is 21.6. The van der Waals surface area contributed by atoms with Crippen molar-refractivity contribution in [3.8, 4) is 62.7 Å². The highest BCUT2D eigenvalue weighted by Crippen LogP contribution is 2.39. The van der Waals surface area contributed by atoms with Crippen LogP contribution in [0.2, 0.25) is 0 Å². The van der Waals surface area contributed by atoms with Crippen molar-refractivity contribution in [2.75, 3.05) is 63.5 Å². The van der Waals surface area contributed by atoms with Gasteiger partial charge in [-0.15, -0.1) is 0 Å². The van der Waals surface area contributed by atoms with Gasteiger partial charge in [-0.25, -0.2) is 18.1 Å². The van der Waals surface area contributed by atoms with Gasteiger partial charge in [0.15, 0.2) is 0 Å². The van der Waals surface area contributed by atoms with E-state index in [-0.39, 0.29) is 76.0 Å². The molecule has 23 nitrogen and oxygen atoms in total. The highest BCUT2D eigenvalue weighted by Gasteiger charge is 2.34. The third-order valence-corrected chi connectivity index (χ3v) is 16.9. The normalized spacial score (nSPS) is 15.7. The minimum Gasteiger partial charge on any atom is -0.457 e. The van der Waals surface area contributed by atoms with Crippen LogP contribution in [0.4, 0.5) is 26.1 Å². The molecular weight excluding hydrogens is 1250 g/mol. The summed E-state index contributed by atoms with van der Waals surface area (Å²) in [5, 5.41) is 11.9. The number of nitrogens with two attached hydrogens (primary N) is 5. The molecule has 0 aliphatic carbocycles. The average molecular weight is 1330 g/mol. The largest absolute Gasteiger partial charge is 0.457 e. The third-order valence-electron chi connectivity index (χ3n) is 16.9. The van der Waals surface area contributed by atoms with E-state index in [2.05, 4.69) is 30.2 Å². The van der Waals surface area contributed by atoms with Crippen molar-refractivity contribution >= 4 is 52.8 Å². The summed E-state index contributed by atoms with van der Waals surface area (Å²) in [5.41, 5.74) is 34.9. The minimum atomic E-state index is -0.756. The van der Waals surface area contributed by atoms with Crippen molar-refractivity contribution in [2.24, 2.45) is 11.5 Å². The Morgan fingerprint density at radius 3 is 1.43 bits per heavy atom. The molecule has 25 heteroatoms. The maximum absolute atomic E-state index is 13.4. The van der Waals surface area contributed by atoms with E-state index in [1.165, 1.54) is 22.9 Å². The molecule has 0 saturated carbocycles. The monoisotopic (exact) mass is 1330 g/mol. The van der Waals surface area contributed by atoms with Gasteiger partial charge in [-0.05, 0) is 153 Å². The van der Waals surface area contributed by atoms with E-state index in [0.29, 0.717) is 85.4 Å². The summed E-state index contributed by atoms with van der Waals surface area (Å²) in [6, 6.07) is 42.6. The quantitative estimate of drug-likeness (QED) is 0.0435. The van der Waals surface area contributed by atoms with E-state index in [9.17, 15) is 37.5 Å². The van der Waals surface area contributed by atoms with Crippen LogP contribution in [0.15, 0.2) is 196 Å². The first-order chi connectivity index (χ1) is 47.2. The number of carbonyl (C=O) groups is 6. The van der Waals surface area contributed by atoms with Gasteiger partial charge in [-0.1, -0.05) is 56.1 Å². The van der Waals surface area contributed by atoms with Crippen molar-refractivity contribution < 1.29 is 51.8 Å². The summed E-state index contributed by atoms with van der Waals surface area (Å²) in [4.78, 5) is 78.3. The molecule has 11 N–H and O–H groups in total. The molecule has 0 radical (unpaired) electrons. The van der Waals surface area contributed by atoms with Gasteiger partial charge in [0.2, 0.25) is 17.7 Å². The molecule has 6 aromatic carbocycles. The molecule has 3 fully saturated rings. The first-order valence-corrected chi connectivity index (χ1v) is 31.5. The number of likely N-dealkylation sites (tertiary alicyclic amines) is 3.